The van der Waals surface area contributed by atoms with Crippen molar-refractivity contribution in [3.63, 3.8) is 0 Å². The van der Waals surface area contributed by atoms with E-state index in [1.54, 1.807) is 13.3 Å². The molecule has 0 amide bonds. The van der Waals surface area contributed by atoms with E-state index in [-0.39, 0.29) is 6.04 Å². The van der Waals surface area contributed by atoms with Gasteiger partial charge in [-0.3, -0.25) is 5.84 Å². The van der Waals surface area contributed by atoms with E-state index in [1.807, 2.05) is 36.4 Å². The first kappa shape index (κ1) is 12.8. The van der Waals surface area contributed by atoms with Gasteiger partial charge in [0, 0.05) is 16.8 Å². The zero-order valence-electron chi connectivity index (χ0n) is 9.93. The number of hydrogen-bond donors (Lipinski definition) is 2. The van der Waals surface area contributed by atoms with Crippen molar-refractivity contribution < 1.29 is 4.74 Å². The van der Waals surface area contributed by atoms with Crippen LogP contribution in [0.25, 0.3) is 0 Å². The highest BCUT2D eigenvalue weighted by Crippen LogP contribution is 2.31. The summed E-state index contributed by atoms with van der Waals surface area (Å²) < 4.78 is 5.24. The monoisotopic (exact) mass is 263 g/mol. The van der Waals surface area contributed by atoms with Crippen molar-refractivity contribution >= 4 is 11.6 Å². The fourth-order valence-corrected chi connectivity index (χ4v) is 2.09. The Balaban J connectivity index is 2.49. The molecule has 2 rings (SSSR count). The third-order valence-electron chi connectivity index (χ3n) is 2.69. The molecule has 5 heteroatoms. The first-order chi connectivity index (χ1) is 8.77. The smallest absolute Gasteiger partial charge is 0.218 e. The number of aromatic nitrogens is 1. The van der Waals surface area contributed by atoms with E-state index in [1.165, 1.54) is 0 Å². The van der Waals surface area contributed by atoms with Crippen LogP contribution in [0.2, 0.25) is 5.02 Å². The summed E-state index contributed by atoms with van der Waals surface area (Å²) in [5.74, 6) is 6.17. The summed E-state index contributed by atoms with van der Waals surface area (Å²) in [6, 6.07) is 11.0. The van der Waals surface area contributed by atoms with E-state index >= 15 is 0 Å². The average molecular weight is 264 g/mol. The molecule has 0 fully saturated rings. The number of nitrogens with one attached hydrogen (secondary N) is 1. The number of ether oxygens (including phenoxy) is 1. The Hall–Kier alpha value is -1.62. The van der Waals surface area contributed by atoms with Crippen molar-refractivity contribution in [3.8, 4) is 5.88 Å². The lowest BCUT2D eigenvalue weighted by molar-refractivity contribution is 0.387. The zero-order valence-corrected chi connectivity index (χ0v) is 10.7. The molecule has 4 nitrogen and oxygen atoms in total. The van der Waals surface area contributed by atoms with Crippen LogP contribution in [-0.2, 0) is 0 Å². The number of pyridine rings is 1. The second-order valence-electron chi connectivity index (χ2n) is 3.72. The lowest BCUT2D eigenvalue weighted by Gasteiger charge is -2.19. The second-order valence-corrected chi connectivity index (χ2v) is 4.13. The third-order valence-corrected chi connectivity index (χ3v) is 3.03. The molecular weight excluding hydrogens is 250 g/mol. The first-order valence-electron chi connectivity index (χ1n) is 5.47. The molecule has 3 N–H and O–H groups in total. The highest BCUT2D eigenvalue weighted by atomic mass is 35.5. The Morgan fingerprint density at radius 1 is 1.22 bits per heavy atom. The van der Waals surface area contributed by atoms with Crippen molar-refractivity contribution in [2.45, 2.75) is 6.04 Å². The molecule has 18 heavy (non-hydrogen) atoms. The van der Waals surface area contributed by atoms with Gasteiger partial charge in [0.15, 0.2) is 0 Å². The Morgan fingerprint density at radius 3 is 2.61 bits per heavy atom. The molecular formula is C13H14ClN3O. The molecule has 2 aromatic rings. The van der Waals surface area contributed by atoms with Crippen LogP contribution < -0.4 is 16.0 Å². The molecule has 1 unspecified atom stereocenters. The highest BCUT2D eigenvalue weighted by Gasteiger charge is 2.19. The van der Waals surface area contributed by atoms with Gasteiger partial charge in [-0.15, -0.1) is 0 Å². The number of halogens is 1. The number of nitrogens with zero attached hydrogens (tertiary/aromatic N) is 1. The molecule has 0 radical (unpaired) electrons. The average Bonchev–Trinajstić information content (AvgIpc) is 2.42. The zero-order chi connectivity index (χ0) is 13.0. The molecule has 1 aromatic carbocycles. The van der Waals surface area contributed by atoms with Gasteiger partial charge in [0.2, 0.25) is 5.88 Å². The van der Waals surface area contributed by atoms with E-state index in [0.29, 0.717) is 10.9 Å². The molecule has 94 valence electrons. The van der Waals surface area contributed by atoms with Crippen LogP contribution in [0, 0.1) is 0 Å². The quantitative estimate of drug-likeness (QED) is 0.656. The molecule has 0 aliphatic heterocycles. The summed E-state index contributed by atoms with van der Waals surface area (Å²) in [6.07, 6.45) is 1.67. The standard InChI is InChI=1S/C13H14ClN3O/c1-18-13-10(6-4-8-16-13)12(17-15)9-5-2-3-7-11(9)14/h2-8,12,17H,15H2,1H3. The maximum Gasteiger partial charge on any atom is 0.218 e. The minimum atomic E-state index is -0.262. The minimum absolute atomic E-state index is 0.262. The van der Waals surface area contributed by atoms with Gasteiger partial charge in [-0.1, -0.05) is 35.9 Å². The maximum atomic E-state index is 6.19. The SMILES string of the molecule is COc1ncccc1C(NN)c1ccccc1Cl. The number of hydrogen-bond acceptors (Lipinski definition) is 4. The van der Waals surface area contributed by atoms with Crippen molar-refractivity contribution in [2.24, 2.45) is 5.84 Å². The normalized spacial score (nSPS) is 12.2. The fourth-order valence-electron chi connectivity index (χ4n) is 1.85. The number of rotatable bonds is 4. The van der Waals surface area contributed by atoms with Crippen LogP contribution in [-0.4, -0.2) is 12.1 Å². The highest BCUT2D eigenvalue weighted by molar-refractivity contribution is 6.31. The number of hydrazine groups is 1. The Morgan fingerprint density at radius 2 is 1.94 bits per heavy atom. The maximum absolute atomic E-state index is 6.19. The van der Waals surface area contributed by atoms with Crippen LogP contribution in [0.1, 0.15) is 17.2 Å². The van der Waals surface area contributed by atoms with Crippen LogP contribution in [0.5, 0.6) is 5.88 Å². The van der Waals surface area contributed by atoms with E-state index < -0.39 is 0 Å². The number of benzene rings is 1. The summed E-state index contributed by atoms with van der Waals surface area (Å²) in [7, 11) is 1.58. The van der Waals surface area contributed by atoms with Crippen molar-refractivity contribution in [1.29, 1.82) is 0 Å². The van der Waals surface area contributed by atoms with Gasteiger partial charge >= 0.3 is 0 Å². The number of nitrogens with two attached hydrogens (primary N) is 1. The van der Waals surface area contributed by atoms with Crippen molar-refractivity contribution in [1.82, 2.24) is 10.4 Å². The summed E-state index contributed by atoms with van der Waals surface area (Å²) in [6.45, 7) is 0. The molecule has 0 saturated heterocycles. The summed E-state index contributed by atoms with van der Waals surface area (Å²) in [4.78, 5) is 4.16. The van der Waals surface area contributed by atoms with Crippen molar-refractivity contribution in [3.05, 3.63) is 58.7 Å². The second kappa shape index (κ2) is 5.82. The van der Waals surface area contributed by atoms with Crippen molar-refractivity contribution in [2.75, 3.05) is 7.11 Å². The molecule has 0 saturated carbocycles. The lowest BCUT2D eigenvalue weighted by Crippen LogP contribution is -2.29. The largest absolute Gasteiger partial charge is 0.481 e. The Bertz CT molecular complexity index is 533. The summed E-state index contributed by atoms with van der Waals surface area (Å²) >= 11 is 6.19. The van der Waals surface area contributed by atoms with E-state index in [0.717, 1.165) is 11.1 Å². The van der Waals surface area contributed by atoms with Gasteiger partial charge in [0.05, 0.1) is 13.2 Å². The lowest BCUT2D eigenvalue weighted by atomic mass is 10.0. The van der Waals surface area contributed by atoms with Gasteiger partial charge < -0.3 is 4.74 Å². The van der Waals surface area contributed by atoms with E-state index in [4.69, 9.17) is 22.2 Å². The van der Waals surface area contributed by atoms with Gasteiger partial charge in [-0.2, -0.15) is 0 Å². The molecule has 0 spiro atoms. The topological polar surface area (TPSA) is 60.2 Å². The molecule has 0 bridgehead atoms. The van der Waals surface area contributed by atoms with Crippen LogP contribution in [0.4, 0.5) is 0 Å². The molecule has 0 aliphatic carbocycles. The summed E-state index contributed by atoms with van der Waals surface area (Å²) in [5, 5.41) is 0.645. The van der Waals surface area contributed by atoms with E-state index in [9.17, 15) is 0 Å². The molecule has 1 atom stereocenters. The fraction of sp³-hybridized carbons (Fsp3) is 0.154. The Labute approximate surface area is 111 Å². The van der Waals surface area contributed by atoms with Crippen LogP contribution >= 0.6 is 11.6 Å². The predicted octanol–water partition coefficient (Wildman–Crippen LogP) is 2.30. The van der Waals surface area contributed by atoms with Gasteiger partial charge in [0.25, 0.3) is 0 Å². The van der Waals surface area contributed by atoms with Gasteiger partial charge in [0.1, 0.15) is 0 Å². The first-order valence-corrected chi connectivity index (χ1v) is 5.85. The van der Waals surface area contributed by atoms with E-state index in [2.05, 4.69) is 10.4 Å². The van der Waals surface area contributed by atoms with Crippen LogP contribution in [0.3, 0.4) is 0 Å². The van der Waals surface area contributed by atoms with Gasteiger partial charge in [-0.05, 0) is 17.7 Å². The molecule has 1 heterocycles. The molecule has 0 aliphatic rings. The van der Waals surface area contributed by atoms with Crippen LogP contribution in [0.15, 0.2) is 42.6 Å². The summed E-state index contributed by atoms with van der Waals surface area (Å²) in [5.41, 5.74) is 4.47. The third kappa shape index (κ3) is 2.46. The number of methoxy groups -OCH3 is 1. The predicted molar refractivity (Wildman–Crippen MR) is 71.4 cm³/mol. The van der Waals surface area contributed by atoms with Gasteiger partial charge in [-0.25, -0.2) is 10.4 Å². The minimum Gasteiger partial charge on any atom is -0.481 e. The Kier molecular flexibility index (Phi) is 4.15. The molecule has 1 aromatic heterocycles.